The third kappa shape index (κ3) is 1.48. The zero-order valence-corrected chi connectivity index (χ0v) is 5.88. The summed E-state index contributed by atoms with van der Waals surface area (Å²) < 4.78 is 0. The molecule has 4 heteroatoms. The van der Waals surface area contributed by atoms with Crippen molar-refractivity contribution >= 4 is 18.6 Å². The average Bonchev–Trinajstić information content (AvgIpc) is 1.88. The minimum atomic E-state index is -0.983. The van der Waals surface area contributed by atoms with Crippen molar-refractivity contribution in [3.8, 4) is 0 Å². The molecule has 0 saturated carbocycles. The van der Waals surface area contributed by atoms with E-state index in [-0.39, 0.29) is 5.56 Å². The van der Waals surface area contributed by atoms with Gasteiger partial charge in [-0.05, 0) is 6.07 Å². The monoisotopic (exact) mass is 155 g/mol. The van der Waals surface area contributed by atoms with Gasteiger partial charge < -0.3 is 5.11 Å². The fourth-order valence-corrected chi connectivity index (χ4v) is 0.751. The van der Waals surface area contributed by atoms with Crippen LogP contribution in [-0.4, -0.2) is 16.1 Å². The minimum Gasteiger partial charge on any atom is -0.478 e. The SMILES string of the molecule is O=C(O)c1cncc(S)c1. The number of nitrogens with zero attached hydrogens (tertiary/aromatic N) is 1. The largest absolute Gasteiger partial charge is 0.478 e. The summed E-state index contributed by atoms with van der Waals surface area (Å²) in [6, 6.07) is 1.44. The Kier molecular flexibility index (Phi) is 1.91. The van der Waals surface area contributed by atoms with Gasteiger partial charge in [-0.2, -0.15) is 0 Å². The zero-order chi connectivity index (χ0) is 7.56. The van der Waals surface area contributed by atoms with Crippen LogP contribution in [0, 0.1) is 0 Å². The Bertz CT molecular complexity index is 262. The number of carboxylic acids is 1. The summed E-state index contributed by atoms with van der Waals surface area (Å²) >= 11 is 3.92. The van der Waals surface area contributed by atoms with Gasteiger partial charge in [0.05, 0.1) is 5.56 Å². The second-order valence-electron chi connectivity index (χ2n) is 1.74. The van der Waals surface area contributed by atoms with Crippen LogP contribution in [0.15, 0.2) is 23.4 Å². The van der Waals surface area contributed by atoms with Gasteiger partial charge >= 0.3 is 5.97 Å². The highest BCUT2D eigenvalue weighted by atomic mass is 32.1. The molecule has 1 aromatic heterocycles. The minimum absolute atomic E-state index is 0.160. The van der Waals surface area contributed by atoms with E-state index in [1.165, 1.54) is 18.5 Å². The molecule has 52 valence electrons. The summed E-state index contributed by atoms with van der Waals surface area (Å²) in [5.41, 5.74) is 0.160. The molecular formula is C6H5NO2S. The highest BCUT2D eigenvalue weighted by Gasteiger charge is 2.00. The fourth-order valence-electron chi connectivity index (χ4n) is 0.545. The topological polar surface area (TPSA) is 50.2 Å². The van der Waals surface area contributed by atoms with E-state index in [1.807, 2.05) is 0 Å². The first-order chi connectivity index (χ1) is 4.70. The molecule has 10 heavy (non-hydrogen) atoms. The van der Waals surface area contributed by atoms with E-state index in [0.717, 1.165) is 0 Å². The lowest BCUT2D eigenvalue weighted by molar-refractivity contribution is 0.0696. The number of hydrogen-bond donors (Lipinski definition) is 2. The number of aromatic carboxylic acids is 1. The van der Waals surface area contributed by atoms with Crippen LogP contribution in [0.25, 0.3) is 0 Å². The van der Waals surface area contributed by atoms with Gasteiger partial charge in [-0.15, -0.1) is 12.6 Å². The molecule has 0 aliphatic heterocycles. The maximum Gasteiger partial charge on any atom is 0.337 e. The Morgan fingerprint density at radius 3 is 2.70 bits per heavy atom. The van der Waals surface area contributed by atoms with Gasteiger partial charge in [0.2, 0.25) is 0 Å². The van der Waals surface area contributed by atoms with E-state index >= 15 is 0 Å². The lowest BCUT2D eigenvalue weighted by Gasteiger charge is -1.92. The van der Waals surface area contributed by atoms with Crippen molar-refractivity contribution in [1.82, 2.24) is 4.98 Å². The number of hydrogen-bond acceptors (Lipinski definition) is 3. The Morgan fingerprint density at radius 1 is 1.60 bits per heavy atom. The van der Waals surface area contributed by atoms with Crippen LogP contribution in [-0.2, 0) is 0 Å². The summed E-state index contributed by atoms with van der Waals surface area (Å²) in [5, 5.41) is 8.44. The van der Waals surface area contributed by atoms with Gasteiger partial charge in [0.25, 0.3) is 0 Å². The number of pyridine rings is 1. The third-order valence-electron chi connectivity index (χ3n) is 0.971. The molecule has 0 fully saturated rings. The van der Waals surface area contributed by atoms with E-state index in [0.29, 0.717) is 4.90 Å². The number of aromatic nitrogens is 1. The Morgan fingerprint density at radius 2 is 2.30 bits per heavy atom. The molecule has 0 bridgehead atoms. The first-order valence-corrected chi connectivity index (χ1v) is 3.02. The number of rotatable bonds is 1. The lowest BCUT2D eigenvalue weighted by Crippen LogP contribution is -1.96. The van der Waals surface area contributed by atoms with E-state index in [1.54, 1.807) is 0 Å². The standard InChI is InChI=1S/C6H5NO2S/c8-6(9)4-1-5(10)3-7-2-4/h1-3,10H,(H,8,9). The Balaban J connectivity index is 3.07. The van der Waals surface area contributed by atoms with Crippen molar-refractivity contribution in [2.24, 2.45) is 0 Å². The van der Waals surface area contributed by atoms with E-state index in [4.69, 9.17) is 5.11 Å². The van der Waals surface area contributed by atoms with Crippen LogP contribution < -0.4 is 0 Å². The smallest absolute Gasteiger partial charge is 0.337 e. The first kappa shape index (κ1) is 7.08. The highest BCUT2D eigenvalue weighted by Crippen LogP contribution is 2.05. The number of carboxylic acid groups (broad SMARTS) is 1. The molecule has 0 radical (unpaired) electrons. The van der Waals surface area contributed by atoms with Crippen molar-refractivity contribution < 1.29 is 9.90 Å². The molecule has 0 aliphatic rings. The molecule has 0 saturated heterocycles. The van der Waals surface area contributed by atoms with Crippen molar-refractivity contribution in [2.75, 3.05) is 0 Å². The molecular weight excluding hydrogens is 150 g/mol. The molecule has 1 aromatic rings. The maximum absolute atomic E-state index is 10.3. The van der Waals surface area contributed by atoms with Gasteiger partial charge in [0.15, 0.2) is 0 Å². The second-order valence-corrected chi connectivity index (χ2v) is 2.25. The molecule has 0 amide bonds. The quantitative estimate of drug-likeness (QED) is 0.596. The molecule has 1 rings (SSSR count). The summed E-state index contributed by atoms with van der Waals surface area (Å²) in [4.78, 5) is 14.5. The Hall–Kier alpha value is -1.03. The van der Waals surface area contributed by atoms with Crippen LogP contribution >= 0.6 is 12.6 Å². The van der Waals surface area contributed by atoms with E-state index < -0.39 is 5.97 Å². The van der Waals surface area contributed by atoms with Crippen molar-refractivity contribution in [2.45, 2.75) is 4.90 Å². The molecule has 1 heterocycles. The second kappa shape index (κ2) is 2.70. The summed E-state index contributed by atoms with van der Waals surface area (Å²) in [7, 11) is 0. The Labute approximate surface area is 63.1 Å². The predicted octanol–water partition coefficient (Wildman–Crippen LogP) is 1.07. The van der Waals surface area contributed by atoms with Gasteiger partial charge in [-0.25, -0.2) is 4.79 Å². The molecule has 0 unspecified atom stereocenters. The predicted molar refractivity (Wildman–Crippen MR) is 38.4 cm³/mol. The fraction of sp³-hybridized carbons (Fsp3) is 0. The van der Waals surface area contributed by atoms with E-state index in [9.17, 15) is 4.79 Å². The summed E-state index contributed by atoms with van der Waals surface area (Å²) in [6.07, 6.45) is 2.76. The van der Waals surface area contributed by atoms with Crippen LogP contribution in [0.4, 0.5) is 0 Å². The van der Waals surface area contributed by atoms with Crippen LogP contribution in [0.5, 0.6) is 0 Å². The van der Waals surface area contributed by atoms with E-state index in [2.05, 4.69) is 17.6 Å². The highest BCUT2D eigenvalue weighted by molar-refractivity contribution is 7.80. The van der Waals surface area contributed by atoms with Crippen LogP contribution in [0.1, 0.15) is 10.4 Å². The van der Waals surface area contributed by atoms with Gasteiger partial charge in [-0.1, -0.05) is 0 Å². The number of carbonyl (C=O) groups is 1. The zero-order valence-electron chi connectivity index (χ0n) is 4.98. The molecule has 1 N–H and O–H groups in total. The molecule has 0 aromatic carbocycles. The number of thiol groups is 1. The van der Waals surface area contributed by atoms with Gasteiger partial charge in [0, 0.05) is 17.3 Å². The lowest BCUT2D eigenvalue weighted by atomic mass is 10.3. The van der Waals surface area contributed by atoms with Crippen molar-refractivity contribution in [3.05, 3.63) is 24.0 Å². The first-order valence-electron chi connectivity index (χ1n) is 2.57. The molecule has 3 nitrogen and oxygen atoms in total. The molecule has 0 atom stereocenters. The average molecular weight is 155 g/mol. The molecule has 0 aliphatic carbocycles. The van der Waals surface area contributed by atoms with Gasteiger partial charge in [0.1, 0.15) is 0 Å². The molecule has 0 spiro atoms. The third-order valence-corrected chi connectivity index (χ3v) is 1.22. The summed E-state index contributed by atoms with van der Waals surface area (Å²) in [6.45, 7) is 0. The van der Waals surface area contributed by atoms with Crippen LogP contribution in [0.3, 0.4) is 0 Å². The van der Waals surface area contributed by atoms with Crippen LogP contribution in [0.2, 0.25) is 0 Å². The normalized spacial score (nSPS) is 9.30. The van der Waals surface area contributed by atoms with Gasteiger partial charge in [-0.3, -0.25) is 4.98 Å². The summed E-state index contributed by atoms with van der Waals surface area (Å²) in [5.74, 6) is -0.983. The maximum atomic E-state index is 10.3. The van der Waals surface area contributed by atoms with Crippen molar-refractivity contribution in [1.29, 1.82) is 0 Å². The van der Waals surface area contributed by atoms with Crippen molar-refractivity contribution in [3.63, 3.8) is 0 Å².